The molecule has 0 atom stereocenters. The highest BCUT2D eigenvalue weighted by molar-refractivity contribution is 7.80. The molecule has 5 nitrogen and oxygen atoms in total. The van der Waals surface area contributed by atoms with Gasteiger partial charge in [0.15, 0.2) is 0 Å². The van der Waals surface area contributed by atoms with Crippen molar-refractivity contribution in [1.29, 1.82) is 0 Å². The standard InChI is InChI=1S/C14H22N4OS/c1-5-6-16-12(19)8-18(4)11-7-9(2)17-10(3)13(11)14(15)20/h7H,5-6,8H2,1-4H3,(H2,15,20)(H,16,19). The molecule has 1 amide bonds. The van der Waals surface area contributed by atoms with Gasteiger partial charge in [0.05, 0.1) is 17.8 Å². The maximum atomic E-state index is 11.8. The van der Waals surface area contributed by atoms with Crippen molar-refractivity contribution >= 4 is 28.8 Å². The van der Waals surface area contributed by atoms with Gasteiger partial charge in [-0.3, -0.25) is 9.78 Å². The van der Waals surface area contributed by atoms with Crippen molar-refractivity contribution < 1.29 is 4.79 Å². The number of aryl methyl sites for hydroxylation is 2. The van der Waals surface area contributed by atoms with E-state index in [0.717, 1.165) is 29.1 Å². The van der Waals surface area contributed by atoms with E-state index in [0.29, 0.717) is 11.5 Å². The predicted octanol–water partition coefficient (Wildman–Crippen LogP) is 1.30. The number of nitrogens with zero attached hydrogens (tertiary/aromatic N) is 2. The van der Waals surface area contributed by atoms with E-state index in [9.17, 15) is 4.79 Å². The number of anilines is 1. The van der Waals surface area contributed by atoms with E-state index >= 15 is 0 Å². The first-order valence-electron chi connectivity index (χ1n) is 6.62. The molecule has 0 saturated heterocycles. The van der Waals surface area contributed by atoms with Crippen molar-refractivity contribution in [1.82, 2.24) is 10.3 Å². The lowest BCUT2D eigenvalue weighted by Gasteiger charge is -2.23. The van der Waals surface area contributed by atoms with E-state index in [1.165, 1.54) is 0 Å². The topological polar surface area (TPSA) is 71.2 Å². The summed E-state index contributed by atoms with van der Waals surface area (Å²) in [6.45, 7) is 6.74. The average Bonchev–Trinajstić information content (AvgIpc) is 2.34. The molecule has 0 fully saturated rings. The van der Waals surface area contributed by atoms with Crippen molar-refractivity contribution in [2.45, 2.75) is 27.2 Å². The average molecular weight is 294 g/mol. The largest absolute Gasteiger partial charge is 0.389 e. The van der Waals surface area contributed by atoms with Crippen LogP contribution in [0.25, 0.3) is 0 Å². The molecule has 0 aliphatic heterocycles. The zero-order valence-corrected chi connectivity index (χ0v) is 13.3. The second-order valence-corrected chi connectivity index (χ2v) is 5.25. The van der Waals surface area contributed by atoms with Crippen LogP contribution in [0.15, 0.2) is 6.07 Å². The number of likely N-dealkylation sites (N-methyl/N-ethyl adjacent to an activating group) is 1. The van der Waals surface area contributed by atoms with Crippen LogP contribution in [0.1, 0.15) is 30.3 Å². The number of carbonyl (C=O) groups is 1. The molecule has 0 aliphatic rings. The second kappa shape index (κ2) is 7.19. The smallest absolute Gasteiger partial charge is 0.239 e. The van der Waals surface area contributed by atoms with Crippen LogP contribution >= 0.6 is 12.2 Å². The van der Waals surface area contributed by atoms with Crippen molar-refractivity contribution in [3.8, 4) is 0 Å². The molecule has 1 heterocycles. The van der Waals surface area contributed by atoms with E-state index in [-0.39, 0.29) is 12.5 Å². The van der Waals surface area contributed by atoms with Gasteiger partial charge in [-0.05, 0) is 26.3 Å². The highest BCUT2D eigenvalue weighted by Gasteiger charge is 2.16. The molecule has 3 N–H and O–H groups in total. The Morgan fingerprint density at radius 1 is 1.50 bits per heavy atom. The zero-order valence-electron chi connectivity index (χ0n) is 12.5. The van der Waals surface area contributed by atoms with Crippen LogP contribution in [-0.4, -0.2) is 36.0 Å². The second-order valence-electron chi connectivity index (χ2n) is 4.81. The fourth-order valence-electron chi connectivity index (χ4n) is 2.03. The number of amides is 1. The van der Waals surface area contributed by atoms with Gasteiger partial charge in [0.25, 0.3) is 0 Å². The Labute approximate surface area is 125 Å². The number of hydrogen-bond acceptors (Lipinski definition) is 4. The summed E-state index contributed by atoms with van der Waals surface area (Å²) in [5.41, 5.74) is 9.01. The Morgan fingerprint density at radius 2 is 2.15 bits per heavy atom. The molecule has 0 bridgehead atoms. The summed E-state index contributed by atoms with van der Waals surface area (Å²) < 4.78 is 0. The Hall–Kier alpha value is -1.69. The maximum Gasteiger partial charge on any atom is 0.239 e. The van der Waals surface area contributed by atoms with E-state index in [1.807, 2.05) is 38.8 Å². The third-order valence-corrected chi connectivity index (χ3v) is 3.12. The van der Waals surface area contributed by atoms with Gasteiger partial charge in [0, 0.05) is 25.0 Å². The van der Waals surface area contributed by atoms with Crippen LogP contribution < -0.4 is 16.0 Å². The third-order valence-electron chi connectivity index (χ3n) is 2.92. The minimum Gasteiger partial charge on any atom is -0.389 e. The summed E-state index contributed by atoms with van der Waals surface area (Å²) in [5, 5.41) is 2.85. The molecule has 0 aliphatic carbocycles. The first-order chi connectivity index (χ1) is 9.36. The monoisotopic (exact) mass is 294 g/mol. The fourth-order valence-corrected chi connectivity index (χ4v) is 2.29. The van der Waals surface area contributed by atoms with Crippen LogP contribution in [-0.2, 0) is 4.79 Å². The molecule has 0 unspecified atom stereocenters. The molecule has 20 heavy (non-hydrogen) atoms. The van der Waals surface area contributed by atoms with Gasteiger partial charge in [0.1, 0.15) is 4.99 Å². The summed E-state index contributed by atoms with van der Waals surface area (Å²) in [7, 11) is 1.85. The Balaban J connectivity index is 3.00. The van der Waals surface area contributed by atoms with E-state index in [4.69, 9.17) is 18.0 Å². The van der Waals surface area contributed by atoms with Crippen molar-refractivity contribution in [3.63, 3.8) is 0 Å². The molecule has 1 rings (SSSR count). The summed E-state index contributed by atoms with van der Waals surface area (Å²) in [4.78, 5) is 18.3. The number of rotatable bonds is 6. The van der Waals surface area contributed by atoms with E-state index in [1.54, 1.807) is 0 Å². The molecule has 0 spiro atoms. The Morgan fingerprint density at radius 3 is 2.70 bits per heavy atom. The third kappa shape index (κ3) is 4.16. The minimum atomic E-state index is -0.0182. The molecule has 110 valence electrons. The first kappa shape index (κ1) is 16.4. The van der Waals surface area contributed by atoms with Gasteiger partial charge in [0.2, 0.25) is 5.91 Å². The van der Waals surface area contributed by atoms with Gasteiger partial charge >= 0.3 is 0 Å². The molecule has 1 aromatic rings. The lowest BCUT2D eigenvalue weighted by Crippen LogP contribution is -2.36. The van der Waals surface area contributed by atoms with Gasteiger partial charge < -0.3 is 16.0 Å². The highest BCUT2D eigenvalue weighted by Crippen LogP contribution is 2.22. The number of nitrogens with two attached hydrogens (primary N) is 1. The van der Waals surface area contributed by atoms with Crippen molar-refractivity contribution in [2.24, 2.45) is 5.73 Å². The lowest BCUT2D eigenvalue weighted by molar-refractivity contribution is -0.119. The molecular formula is C14H22N4OS. The molecule has 1 aromatic heterocycles. The molecule has 0 radical (unpaired) electrons. The van der Waals surface area contributed by atoms with Crippen LogP contribution in [0.5, 0.6) is 0 Å². The van der Waals surface area contributed by atoms with Crippen LogP contribution in [0, 0.1) is 13.8 Å². The fraction of sp³-hybridized carbons (Fsp3) is 0.500. The van der Waals surface area contributed by atoms with Crippen LogP contribution in [0.2, 0.25) is 0 Å². The summed E-state index contributed by atoms with van der Waals surface area (Å²) >= 11 is 5.09. The maximum absolute atomic E-state index is 11.8. The zero-order chi connectivity index (χ0) is 15.3. The van der Waals surface area contributed by atoms with Gasteiger partial charge in [-0.2, -0.15) is 0 Å². The first-order valence-corrected chi connectivity index (χ1v) is 7.03. The van der Waals surface area contributed by atoms with E-state index in [2.05, 4.69) is 10.3 Å². The van der Waals surface area contributed by atoms with Crippen LogP contribution in [0.4, 0.5) is 5.69 Å². The Bertz CT molecular complexity index is 516. The van der Waals surface area contributed by atoms with Gasteiger partial charge in [-0.1, -0.05) is 19.1 Å². The predicted molar refractivity (Wildman–Crippen MR) is 86.2 cm³/mol. The molecule has 6 heteroatoms. The van der Waals surface area contributed by atoms with E-state index < -0.39 is 0 Å². The number of hydrogen-bond donors (Lipinski definition) is 2. The van der Waals surface area contributed by atoms with Gasteiger partial charge in [-0.15, -0.1) is 0 Å². The molecule has 0 saturated carbocycles. The summed E-state index contributed by atoms with van der Waals surface area (Å²) in [6.07, 6.45) is 0.918. The van der Waals surface area contributed by atoms with Gasteiger partial charge in [-0.25, -0.2) is 0 Å². The quantitative estimate of drug-likeness (QED) is 0.774. The normalized spacial score (nSPS) is 10.2. The lowest BCUT2D eigenvalue weighted by atomic mass is 10.1. The molecular weight excluding hydrogens is 272 g/mol. The molecule has 0 aromatic carbocycles. The number of pyridine rings is 1. The minimum absolute atomic E-state index is 0.0182. The number of carbonyl (C=O) groups excluding carboxylic acids is 1. The Kier molecular flexibility index (Phi) is 5.88. The highest BCUT2D eigenvalue weighted by atomic mass is 32.1. The van der Waals surface area contributed by atoms with Crippen molar-refractivity contribution in [2.75, 3.05) is 25.0 Å². The number of aromatic nitrogens is 1. The SMILES string of the molecule is CCCNC(=O)CN(C)c1cc(C)nc(C)c1C(N)=S. The number of thiocarbonyl (C=S) groups is 1. The van der Waals surface area contributed by atoms with Crippen LogP contribution in [0.3, 0.4) is 0 Å². The summed E-state index contributed by atoms with van der Waals surface area (Å²) in [5.74, 6) is -0.0182. The number of nitrogens with one attached hydrogen (secondary N) is 1. The van der Waals surface area contributed by atoms with Crippen molar-refractivity contribution in [3.05, 3.63) is 23.0 Å². The summed E-state index contributed by atoms with van der Waals surface area (Å²) in [6, 6.07) is 1.90.